The maximum Gasteiger partial charge on any atom is 0.0948 e. The van der Waals surface area contributed by atoms with Crippen LogP contribution in [0.25, 0.3) is 0 Å². The molecular weight excluding hydrogens is 207 g/mol. The maximum absolute atomic E-state index is 5.03. The standard InChI is InChI=1S/C4H10O2PS3/c1-3-5-9-7(8)10-6-4-2/h3-4H2,1-2H3. The summed E-state index contributed by atoms with van der Waals surface area (Å²) < 4.78 is 10.1. The molecule has 10 heavy (non-hydrogen) atoms. The molecule has 61 valence electrons. The molecule has 6 heteroatoms. The first-order valence-electron chi connectivity index (χ1n) is 2.87. The van der Waals surface area contributed by atoms with Crippen molar-refractivity contribution in [3.8, 4) is 0 Å². The van der Waals surface area contributed by atoms with Crippen molar-refractivity contribution in [1.29, 1.82) is 0 Å². The Hall–Kier alpha value is 1.14. The molecule has 0 saturated heterocycles. The molecular formula is C4H10O2PS3. The third-order valence-corrected chi connectivity index (χ3v) is 4.94. The molecule has 0 heterocycles. The van der Waals surface area contributed by atoms with Gasteiger partial charge in [-0.1, -0.05) is 0 Å². The normalized spacial score (nSPS) is 9.80. The van der Waals surface area contributed by atoms with Gasteiger partial charge in [0.15, 0.2) is 0 Å². The lowest BCUT2D eigenvalue weighted by molar-refractivity contribution is 0.406. The largest absolute Gasteiger partial charge is 0.306 e. The van der Waals surface area contributed by atoms with E-state index < -0.39 is 5.10 Å². The van der Waals surface area contributed by atoms with E-state index in [4.69, 9.17) is 20.2 Å². The van der Waals surface area contributed by atoms with E-state index in [2.05, 4.69) is 0 Å². The van der Waals surface area contributed by atoms with Crippen LogP contribution in [-0.4, -0.2) is 13.2 Å². The zero-order valence-corrected chi connectivity index (χ0v) is 9.25. The predicted octanol–water partition coefficient (Wildman–Crippen LogP) is 3.13. The van der Waals surface area contributed by atoms with Crippen molar-refractivity contribution >= 4 is 40.2 Å². The van der Waals surface area contributed by atoms with Gasteiger partial charge in [0.25, 0.3) is 0 Å². The fraction of sp³-hybridized carbons (Fsp3) is 1.00. The number of hydrogen-bond acceptors (Lipinski definition) is 5. The summed E-state index contributed by atoms with van der Waals surface area (Å²) in [5.41, 5.74) is 0. The maximum atomic E-state index is 5.03. The van der Waals surface area contributed by atoms with Crippen molar-refractivity contribution in [2.75, 3.05) is 13.2 Å². The van der Waals surface area contributed by atoms with Gasteiger partial charge < -0.3 is 8.37 Å². The summed E-state index contributed by atoms with van der Waals surface area (Å²) in [6, 6.07) is 0. The van der Waals surface area contributed by atoms with Gasteiger partial charge in [0.1, 0.15) is 0 Å². The number of hydrogen-bond donors (Lipinski definition) is 0. The highest BCUT2D eigenvalue weighted by Crippen LogP contribution is 2.51. The van der Waals surface area contributed by atoms with Gasteiger partial charge in [-0.25, -0.2) is 0 Å². The van der Waals surface area contributed by atoms with Crippen LogP contribution >= 0.6 is 28.4 Å². The van der Waals surface area contributed by atoms with Crippen molar-refractivity contribution in [2.45, 2.75) is 13.8 Å². The summed E-state index contributed by atoms with van der Waals surface area (Å²) in [7, 11) is 0. The van der Waals surface area contributed by atoms with Crippen LogP contribution in [0.5, 0.6) is 0 Å². The zero-order valence-electron chi connectivity index (χ0n) is 5.90. The Kier molecular flexibility index (Phi) is 9.18. The molecule has 0 aromatic heterocycles. The summed E-state index contributed by atoms with van der Waals surface area (Å²) in [6.07, 6.45) is 0. The lowest BCUT2D eigenvalue weighted by Gasteiger charge is -1.99. The highest BCUT2D eigenvalue weighted by molar-refractivity contribution is 8.92. The van der Waals surface area contributed by atoms with Gasteiger partial charge in [-0.15, -0.1) is 0 Å². The van der Waals surface area contributed by atoms with Crippen molar-refractivity contribution in [3.63, 3.8) is 0 Å². The van der Waals surface area contributed by atoms with Gasteiger partial charge in [0.05, 0.1) is 41.6 Å². The van der Waals surface area contributed by atoms with Crippen molar-refractivity contribution in [3.05, 3.63) is 0 Å². The van der Waals surface area contributed by atoms with Crippen LogP contribution in [0.4, 0.5) is 0 Å². The highest BCUT2D eigenvalue weighted by Gasteiger charge is 1.96. The average molecular weight is 217 g/mol. The van der Waals surface area contributed by atoms with Crippen molar-refractivity contribution in [2.24, 2.45) is 0 Å². The second-order valence-electron chi connectivity index (χ2n) is 1.19. The van der Waals surface area contributed by atoms with Gasteiger partial charge in [0, 0.05) is 0 Å². The first-order valence-corrected chi connectivity index (χ1v) is 7.92. The Morgan fingerprint density at radius 2 is 1.60 bits per heavy atom. The highest BCUT2D eigenvalue weighted by atomic mass is 33.2. The summed E-state index contributed by atoms with van der Waals surface area (Å²) >= 11 is 7.68. The van der Waals surface area contributed by atoms with Gasteiger partial charge in [0.2, 0.25) is 0 Å². The van der Waals surface area contributed by atoms with Crippen molar-refractivity contribution < 1.29 is 8.37 Å². The fourth-order valence-electron chi connectivity index (χ4n) is 0.204. The second-order valence-corrected chi connectivity index (χ2v) is 8.66. The average Bonchev–Trinajstić information content (AvgIpc) is 1.97. The molecule has 0 aromatic carbocycles. The molecule has 0 unspecified atom stereocenters. The third-order valence-electron chi connectivity index (χ3n) is 0.463. The summed E-state index contributed by atoms with van der Waals surface area (Å²) in [4.78, 5) is 0. The quantitative estimate of drug-likeness (QED) is 0.501. The van der Waals surface area contributed by atoms with E-state index >= 15 is 0 Å². The predicted molar refractivity (Wildman–Crippen MR) is 52.7 cm³/mol. The summed E-state index contributed by atoms with van der Waals surface area (Å²) in [5.74, 6) is 0. The SMILES string of the molecule is CCOS[P](=S)SOCC. The Morgan fingerprint density at radius 1 is 1.20 bits per heavy atom. The number of rotatable bonds is 6. The van der Waals surface area contributed by atoms with E-state index in [0.717, 1.165) is 0 Å². The molecule has 0 N–H and O–H groups in total. The van der Waals surface area contributed by atoms with Crippen molar-refractivity contribution in [1.82, 2.24) is 0 Å². The van der Waals surface area contributed by atoms with Crippen LogP contribution in [0.3, 0.4) is 0 Å². The molecule has 2 nitrogen and oxygen atoms in total. The molecule has 0 atom stereocenters. The minimum absolute atomic E-state index is 0.620. The van der Waals surface area contributed by atoms with Crippen LogP contribution in [0.1, 0.15) is 13.8 Å². The third kappa shape index (κ3) is 7.25. The van der Waals surface area contributed by atoms with E-state index in [0.29, 0.717) is 13.2 Å². The van der Waals surface area contributed by atoms with E-state index in [1.165, 1.54) is 23.3 Å². The Bertz CT molecular complexity index is 90.5. The second kappa shape index (κ2) is 8.24. The van der Waals surface area contributed by atoms with E-state index in [1.54, 1.807) is 0 Å². The lowest BCUT2D eigenvalue weighted by Crippen LogP contribution is -1.73. The smallest absolute Gasteiger partial charge is 0.0948 e. The first-order chi connectivity index (χ1) is 4.81. The van der Waals surface area contributed by atoms with E-state index in [1.807, 2.05) is 13.8 Å². The molecule has 0 saturated carbocycles. The first kappa shape index (κ1) is 11.1. The molecule has 0 bridgehead atoms. The van der Waals surface area contributed by atoms with Gasteiger partial charge in [-0.05, 0) is 25.7 Å². The molecule has 0 spiro atoms. The summed E-state index contributed by atoms with van der Waals surface area (Å²) in [5, 5.41) is -0.620. The molecule has 0 aliphatic carbocycles. The van der Waals surface area contributed by atoms with Gasteiger partial charge >= 0.3 is 0 Å². The molecule has 0 rings (SSSR count). The Labute approximate surface area is 75.8 Å². The molecule has 1 radical (unpaired) electrons. The van der Waals surface area contributed by atoms with Crippen LogP contribution in [0.2, 0.25) is 0 Å². The summed E-state index contributed by atoms with van der Waals surface area (Å²) in [6.45, 7) is 5.29. The molecule has 0 aromatic rings. The lowest BCUT2D eigenvalue weighted by atomic mass is 10.9. The Morgan fingerprint density at radius 3 is 1.90 bits per heavy atom. The molecule has 0 amide bonds. The van der Waals surface area contributed by atoms with Gasteiger partial charge in [-0.3, -0.25) is 0 Å². The van der Waals surface area contributed by atoms with Crippen LogP contribution in [0.15, 0.2) is 0 Å². The zero-order chi connectivity index (χ0) is 7.82. The Balaban J connectivity index is 3.09. The molecule has 0 aliphatic heterocycles. The van der Waals surface area contributed by atoms with Crippen LogP contribution < -0.4 is 0 Å². The minimum Gasteiger partial charge on any atom is -0.306 e. The van der Waals surface area contributed by atoms with E-state index in [9.17, 15) is 0 Å². The van der Waals surface area contributed by atoms with Crippen LogP contribution in [0, 0.1) is 0 Å². The van der Waals surface area contributed by atoms with Gasteiger partial charge in [-0.2, -0.15) is 0 Å². The van der Waals surface area contributed by atoms with Crippen LogP contribution in [-0.2, 0) is 20.2 Å². The molecule has 0 aliphatic rings. The molecule has 0 fully saturated rings. The topological polar surface area (TPSA) is 18.5 Å². The van der Waals surface area contributed by atoms with E-state index in [-0.39, 0.29) is 0 Å². The fourth-order valence-corrected chi connectivity index (χ4v) is 3.61. The monoisotopic (exact) mass is 217 g/mol. The minimum atomic E-state index is -0.620.